The van der Waals surface area contributed by atoms with Gasteiger partial charge in [-0.1, -0.05) is 0 Å². The van der Waals surface area contributed by atoms with Gasteiger partial charge < -0.3 is 19.7 Å². The predicted octanol–water partition coefficient (Wildman–Crippen LogP) is 3.19. The zero-order valence-electron chi connectivity index (χ0n) is 15.3. The number of carbonyl (C=O) groups excluding carboxylic acids is 2. The molecule has 2 aromatic carbocycles. The van der Waals surface area contributed by atoms with Gasteiger partial charge in [-0.3, -0.25) is 9.59 Å². The molecule has 0 aromatic heterocycles. The highest BCUT2D eigenvalue weighted by Gasteiger charge is 2.12. The van der Waals surface area contributed by atoms with E-state index in [1.807, 2.05) is 13.8 Å². The maximum atomic E-state index is 12.2. The summed E-state index contributed by atoms with van der Waals surface area (Å²) in [7, 11) is 1.59. The molecular weight excluding hydrogens is 332 g/mol. The Balaban J connectivity index is 1.86. The molecule has 0 fully saturated rings. The number of amides is 2. The van der Waals surface area contributed by atoms with Crippen molar-refractivity contribution >= 4 is 17.5 Å². The van der Waals surface area contributed by atoms with Crippen molar-refractivity contribution in [2.45, 2.75) is 13.8 Å². The van der Waals surface area contributed by atoms with Crippen molar-refractivity contribution in [3.63, 3.8) is 0 Å². The molecule has 6 nitrogen and oxygen atoms in total. The van der Waals surface area contributed by atoms with Crippen molar-refractivity contribution in [3.05, 3.63) is 54.1 Å². The Morgan fingerprint density at radius 1 is 0.923 bits per heavy atom. The Hall–Kier alpha value is -3.02. The average Bonchev–Trinajstić information content (AvgIpc) is 2.68. The third-order valence-electron chi connectivity index (χ3n) is 3.90. The van der Waals surface area contributed by atoms with Crippen molar-refractivity contribution in [1.29, 1.82) is 0 Å². The molecule has 0 heterocycles. The van der Waals surface area contributed by atoms with Crippen LogP contribution in [0, 0.1) is 0 Å². The summed E-state index contributed by atoms with van der Waals surface area (Å²) in [5.74, 6) is 0.974. The largest absolute Gasteiger partial charge is 0.497 e. The van der Waals surface area contributed by atoms with Gasteiger partial charge in [-0.25, -0.2) is 0 Å². The molecule has 0 unspecified atom stereocenters. The zero-order chi connectivity index (χ0) is 18.9. The maximum Gasteiger partial charge on any atom is 0.262 e. The lowest BCUT2D eigenvalue weighted by atomic mass is 10.2. The highest BCUT2D eigenvalue weighted by atomic mass is 16.5. The number of anilines is 1. The van der Waals surface area contributed by atoms with E-state index in [-0.39, 0.29) is 18.4 Å². The molecule has 0 aliphatic carbocycles. The Morgan fingerprint density at radius 2 is 1.50 bits per heavy atom. The van der Waals surface area contributed by atoms with Gasteiger partial charge in [0, 0.05) is 24.3 Å². The Bertz CT molecular complexity index is 722. The second kappa shape index (κ2) is 9.46. The van der Waals surface area contributed by atoms with Crippen molar-refractivity contribution in [1.82, 2.24) is 4.90 Å². The normalized spacial score (nSPS) is 10.1. The number of nitrogens with one attached hydrogen (secondary N) is 1. The highest BCUT2D eigenvalue weighted by molar-refractivity contribution is 5.94. The van der Waals surface area contributed by atoms with E-state index in [0.29, 0.717) is 30.1 Å². The molecule has 1 N–H and O–H groups in total. The van der Waals surface area contributed by atoms with Gasteiger partial charge in [0.15, 0.2) is 6.61 Å². The van der Waals surface area contributed by atoms with Crippen molar-refractivity contribution < 1.29 is 19.1 Å². The highest BCUT2D eigenvalue weighted by Crippen LogP contribution is 2.16. The molecule has 0 saturated heterocycles. The van der Waals surface area contributed by atoms with E-state index in [1.165, 1.54) is 0 Å². The van der Waals surface area contributed by atoms with Gasteiger partial charge in [-0.05, 0) is 62.4 Å². The number of hydrogen-bond donors (Lipinski definition) is 1. The van der Waals surface area contributed by atoms with Crippen LogP contribution in [-0.2, 0) is 4.79 Å². The SMILES string of the molecule is CCN(CC)C(=O)c1ccc(OCC(=O)Nc2ccc(OC)cc2)cc1. The fraction of sp³-hybridized carbons (Fsp3) is 0.300. The third-order valence-corrected chi connectivity index (χ3v) is 3.90. The van der Waals surface area contributed by atoms with Crippen LogP contribution in [0.25, 0.3) is 0 Å². The summed E-state index contributed by atoms with van der Waals surface area (Å²) >= 11 is 0. The van der Waals surface area contributed by atoms with E-state index in [1.54, 1.807) is 60.5 Å². The van der Waals surface area contributed by atoms with Crippen LogP contribution in [0.1, 0.15) is 24.2 Å². The van der Waals surface area contributed by atoms with E-state index in [2.05, 4.69) is 5.32 Å². The number of rotatable bonds is 8. The summed E-state index contributed by atoms with van der Waals surface area (Å²) in [5, 5.41) is 2.74. The Labute approximate surface area is 153 Å². The summed E-state index contributed by atoms with van der Waals surface area (Å²) in [6, 6.07) is 13.8. The molecule has 0 bridgehead atoms. The second-order valence-electron chi connectivity index (χ2n) is 5.57. The lowest BCUT2D eigenvalue weighted by molar-refractivity contribution is -0.118. The van der Waals surface area contributed by atoms with Crippen LogP contribution in [0.4, 0.5) is 5.69 Å². The molecule has 0 radical (unpaired) electrons. The molecule has 0 saturated carbocycles. The Morgan fingerprint density at radius 3 is 2.04 bits per heavy atom. The molecule has 2 aromatic rings. The first kappa shape index (κ1) is 19.3. The van der Waals surface area contributed by atoms with Gasteiger partial charge in [-0.2, -0.15) is 0 Å². The average molecular weight is 356 g/mol. The summed E-state index contributed by atoms with van der Waals surface area (Å²) in [6.07, 6.45) is 0. The molecule has 0 atom stereocenters. The first-order valence-corrected chi connectivity index (χ1v) is 8.53. The molecular formula is C20H24N2O4. The van der Waals surface area contributed by atoms with E-state index >= 15 is 0 Å². The Kier molecular flexibility index (Phi) is 7.02. The topological polar surface area (TPSA) is 67.9 Å². The number of hydrogen-bond acceptors (Lipinski definition) is 4. The van der Waals surface area contributed by atoms with Crippen molar-refractivity contribution in [2.24, 2.45) is 0 Å². The van der Waals surface area contributed by atoms with Gasteiger partial charge in [0.25, 0.3) is 11.8 Å². The van der Waals surface area contributed by atoms with Crippen LogP contribution >= 0.6 is 0 Å². The van der Waals surface area contributed by atoms with Crippen LogP contribution in [0.15, 0.2) is 48.5 Å². The van der Waals surface area contributed by atoms with E-state index < -0.39 is 0 Å². The number of ether oxygens (including phenoxy) is 2. The van der Waals surface area contributed by atoms with Gasteiger partial charge in [0.2, 0.25) is 0 Å². The lowest BCUT2D eigenvalue weighted by Gasteiger charge is -2.18. The zero-order valence-corrected chi connectivity index (χ0v) is 15.3. The standard InChI is InChI=1S/C20H24N2O4/c1-4-22(5-2)20(24)15-6-10-18(11-7-15)26-14-19(23)21-16-8-12-17(25-3)13-9-16/h6-13H,4-5,14H2,1-3H3,(H,21,23). The molecule has 0 aliphatic heterocycles. The van der Waals surface area contributed by atoms with Crippen LogP contribution in [0.3, 0.4) is 0 Å². The summed E-state index contributed by atoms with van der Waals surface area (Å²) in [5.41, 5.74) is 1.27. The number of carbonyl (C=O) groups is 2. The number of nitrogens with zero attached hydrogens (tertiary/aromatic N) is 1. The molecule has 0 aliphatic rings. The van der Waals surface area contributed by atoms with Gasteiger partial charge in [-0.15, -0.1) is 0 Å². The molecule has 6 heteroatoms. The smallest absolute Gasteiger partial charge is 0.262 e. The van der Waals surface area contributed by atoms with E-state index in [9.17, 15) is 9.59 Å². The predicted molar refractivity (Wildman–Crippen MR) is 101 cm³/mol. The van der Waals surface area contributed by atoms with E-state index in [4.69, 9.17) is 9.47 Å². The monoisotopic (exact) mass is 356 g/mol. The van der Waals surface area contributed by atoms with Gasteiger partial charge >= 0.3 is 0 Å². The minimum Gasteiger partial charge on any atom is -0.497 e. The molecule has 138 valence electrons. The molecule has 26 heavy (non-hydrogen) atoms. The summed E-state index contributed by atoms with van der Waals surface area (Å²) < 4.78 is 10.5. The van der Waals surface area contributed by atoms with E-state index in [0.717, 1.165) is 5.75 Å². The lowest BCUT2D eigenvalue weighted by Crippen LogP contribution is -2.30. The maximum absolute atomic E-state index is 12.2. The first-order chi connectivity index (χ1) is 12.6. The third kappa shape index (κ3) is 5.24. The van der Waals surface area contributed by atoms with Crippen LogP contribution in [0.5, 0.6) is 11.5 Å². The minimum atomic E-state index is -0.265. The first-order valence-electron chi connectivity index (χ1n) is 8.53. The fourth-order valence-electron chi connectivity index (χ4n) is 2.41. The fourth-order valence-corrected chi connectivity index (χ4v) is 2.41. The van der Waals surface area contributed by atoms with Crippen LogP contribution in [0.2, 0.25) is 0 Å². The quantitative estimate of drug-likeness (QED) is 0.789. The number of methoxy groups -OCH3 is 1. The molecule has 2 amide bonds. The van der Waals surface area contributed by atoms with Gasteiger partial charge in [0.1, 0.15) is 11.5 Å². The summed E-state index contributed by atoms with van der Waals surface area (Å²) in [4.78, 5) is 25.9. The van der Waals surface area contributed by atoms with Crippen LogP contribution in [-0.4, -0.2) is 43.5 Å². The number of benzene rings is 2. The summed E-state index contributed by atoms with van der Waals surface area (Å²) in [6.45, 7) is 5.11. The van der Waals surface area contributed by atoms with Gasteiger partial charge in [0.05, 0.1) is 7.11 Å². The van der Waals surface area contributed by atoms with Crippen molar-refractivity contribution in [2.75, 3.05) is 32.1 Å². The molecule has 2 rings (SSSR count). The second-order valence-corrected chi connectivity index (χ2v) is 5.57. The van der Waals surface area contributed by atoms with Crippen LogP contribution < -0.4 is 14.8 Å². The molecule has 0 spiro atoms. The van der Waals surface area contributed by atoms with Crippen molar-refractivity contribution in [3.8, 4) is 11.5 Å². The minimum absolute atomic E-state index is 0.0150.